The fourth-order valence-corrected chi connectivity index (χ4v) is 10.7. The van der Waals surface area contributed by atoms with Crippen molar-refractivity contribution in [2.24, 2.45) is 0 Å². The van der Waals surface area contributed by atoms with Gasteiger partial charge in [0.1, 0.15) is 0 Å². The Hall–Kier alpha value is -7.93. The van der Waals surface area contributed by atoms with E-state index in [0.29, 0.717) is 17.6 Å². The van der Waals surface area contributed by atoms with Crippen LogP contribution in [0.4, 0.5) is 0 Å². The van der Waals surface area contributed by atoms with Gasteiger partial charge in [-0.2, -0.15) is 9.97 Å². The van der Waals surface area contributed by atoms with E-state index in [0.717, 1.165) is 38.6 Å². The first kappa shape index (κ1) is 34.0. The molecule has 284 valence electrons. The Morgan fingerprint density at radius 2 is 0.902 bits per heavy atom. The van der Waals surface area contributed by atoms with Crippen molar-refractivity contribution in [1.29, 1.82) is 0 Å². The van der Waals surface area contributed by atoms with Crippen LogP contribution in [0.25, 0.3) is 120 Å². The Morgan fingerprint density at radius 1 is 0.344 bits per heavy atom. The van der Waals surface area contributed by atoms with E-state index < -0.39 is 0 Å². The van der Waals surface area contributed by atoms with Gasteiger partial charge in [-0.05, 0) is 47.5 Å². The van der Waals surface area contributed by atoms with Gasteiger partial charge in [-0.25, -0.2) is 4.98 Å². The summed E-state index contributed by atoms with van der Waals surface area (Å²) in [5.74, 6) is 1.86. The molecule has 0 aliphatic heterocycles. The Labute approximate surface area is 354 Å². The Kier molecular flexibility index (Phi) is 7.41. The van der Waals surface area contributed by atoms with Gasteiger partial charge in [0.15, 0.2) is 11.6 Å². The smallest absolute Gasteiger partial charge is 0.238 e. The van der Waals surface area contributed by atoms with Gasteiger partial charge >= 0.3 is 0 Å². The van der Waals surface area contributed by atoms with Gasteiger partial charge in [-0.15, -0.1) is 11.3 Å². The molecular formula is C55H33N5S. The van der Waals surface area contributed by atoms with Crippen LogP contribution in [-0.2, 0) is 0 Å². The van der Waals surface area contributed by atoms with Crippen LogP contribution < -0.4 is 0 Å². The summed E-state index contributed by atoms with van der Waals surface area (Å²) in [4.78, 5) is 15.4. The molecule has 9 aromatic carbocycles. The van der Waals surface area contributed by atoms with Crippen LogP contribution in [0.15, 0.2) is 200 Å². The molecule has 0 radical (unpaired) electrons. The molecule has 4 aromatic heterocycles. The summed E-state index contributed by atoms with van der Waals surface area (Å²) in [7, 11) is 0. The van der Waals surface area contributed by atoms with Gasteiger partial charge in [0.2, 0.25) is 5.95 Å². The highest BCUT2D eigenvalue weighted by atomic mass is 32.1. The maximum absolute atomic E-state index is 5.21. The summed E-state index contributed by atoms with van der Waals surface area (Å²) in [6.45, 7) is 0. The lowest BCUT2D eigenvalue weighted by atomic mass is 9.99. The van der Waals surface area contributed by atoms with Crippen molar-refractivity contribution in [3.8, 4) is 45.5 Å². The van der Waals surface area contributed by atoms with Crippen molar-refractivity contribution < 1.29 is 0 Å². The molecule has 0 saturated carbocycles. The van der Waals surface area contributed by atoms with E-state index in [1.54, 1.807) is 0 Å². The molecule has 0 bridgehead atoms. The van der Waals surface area contributed by atoms with E-state index in [2.05, 4.69) is 173 Å². The molecule has 0 amide bonds. The first-order valence-electron chi connectivity index (χ1n) is 20.5. The van der Waals surface area contributed by atoms with Crippen molar-refractivity contribution >= 4 is 85.9 Å². The van der Waals surface area contributed by atoms with Crippen LogP contribution in [0.5, 0.6) is 0 Å². The van der Waals surface area contributed by atoms with Crippen LogP contribution >= 0.6 is 11.3 Å². The summed E-state index contributed by atoms with van der Waals surface area (Å²) in [6.07, 6.45) is 0. The van der Waals surface area contributed by atoms with Crippen LogP contribution in [0.2, 0.25) is 0 Å². The van der Waals surface area contributed by atoms with Gasteiger partial charge in [0.05, 0.1) is 22.1 Å². The molecule has 61 heavy (non-hydrogen) atoms. The predicted octanol–water partition coefficient (Wildman–Crippen LogP) is 14.6. The maximum atomic E-state index is 5.21. The lowest BCUT2D eigenvalue weighted by Crippen LogP contribution is -2.06. The van der Waals surface area contributed by atoms with Gasteiger partial charge in [-0.3, -0.25) is 4.57 Å². The fourth-order valence-electron chi connectivity index (χ4n) is 9.47. The number of nitrogens with zero attached hydrogens (tertiary/aromatic N) is 5. The molecule has 5 nitrogen and oxygen atoms in total. The second kappa shape index (κ2) is 13.3. The second-order valence-corrected chi connectivity index (χ2v) is 16.6. The monoisotopic (exact) mass is 795 g/mol. The number of aromatic nitrogens is 5. The van der Waals surface area contributed by atoms with E-state index in [1.165, 1.54) is 63.9 Å². The second-order valence-electron chi connectivity index (χ2n) is 15.6. The molecule has 0 unspecified atom stereocenters. The quantitative estimate of drug-likeness (QED) is 0.174. The third-order valence-electron chi connectivity index (χ3n) is 12.1. The zero-order chi connectivity index (χ0) is 40.0. The lowest BCUT2D eigenvalue weighted by molar-refractivity contribution is 0.954. The molecule has 0 aliphatic rings. The molecule has 0 atom stereocenters. The van der Waals surface area contributed by atoms with Gasteiger partial charge in [0, 0.05) is 69.3 Å². The maximum Gasteiger partial charge on any atom is 0.238 e. The molecule has 4 heterocycles. The summed E-state index contributed by atoms with van der Waals surface area (Å²) >= 11 is 1.87. The summed E-state index contributed by atoms with van der Waals surface area (Å²) < 4.78 is 7.23. The minimum Gasteiger partial charge on any atom is -0.309 e. The Morgan fingerprint density at radius 3 is 1.59 bits per heavy atom. The number of rotatable bonds is 5. The van der Waals surface area contributed by atoms with E-state index in [-0.39, 0.29) is 0 Å². The number of para-hydroxylation sites is 2. The largest absolute Gasteiger partial charge is 0.309 e. The molecule has 6 heteroatoms. The van der Waals surface area contributed by atoms with Crippen molar-refractivity contribution in [1.82, 2.24) is 24.1 Å². The SMILES string of the molecule is c1ccc(-c2cccc(-n3c4ccccc4c4c5c6cc7c8ccccc8n(-c8nc(-c9ccccc9)nc(-c9ccccc9)n8)c7cc6sc5c5ccccc5c43)c2)cc1. The van der Waals surface area contributed by atoms with Crippen molar-refractivity contribution in [3.05, 3.63) is 200 Å². The minimum atomic E-state index is 0.591. The average Bonchev–Trinajstić information content (AvgIpc) is 3.99. The minimum absolute atomic E-state index is 0.591. The first-order valence-corrected chi connectivity index (χ1v) is 21.3. The summed E-state index contributed by atoms with van der Waals surface area (Å²) in [5, 5.41) is 9.87. The standard InChI is InChI=1S/C55H33N5S/c1-4-17-34(18-5-1)37-23-16-24-38(31-37)59-46-30-15-13-28-42(46)49-50-44-32-43-39-25-12-14-29-45(39)60(47(43)33-48(44)61-52(50)41-27-11-10-26-40(41)51(49)59)55-57-53(35-19-6-2-7-20-35)56-54(58-55)36-21-8-3-9-22-36/h1-33H. The molecule has 0 spiro atoms. The Balaban J connectivity index is 1.13. The van der Waals surface area contributed by atoms with Crippen LogP contribution in [0.1, 0.15) is 0 Å². The Bertz CT molecular complexity index is 3810. The van der Waals surface area contributed by atoms with Gasteiger partial charge in [0.25, 0.3) is 0 Å². The zero-order valence-electron chi connectivity index (χ0n) is 32.7. The lowest BCUT2D eigenvalue weighted by Gasteiger charge is -2.12. The third-order valence-corrected chi connectivity index (χ3v) is 13.3. The van der Waals surface area contributed by atoms with Gasteiger partial charge < -0.3 is 4.57 Å². The average molecular weight is 796 g/mol. The van der Waals surface area contributed by atoms with Crippen molar-refractivity contribution in [3.63, 3.8) is 0 Å². The molecule has 13 rings (SSSR count). The predicted molar refractivity (Wildman–Crippen MR) is 255 cm³/mol. The molecule has 0 aliphatic carbocycles. The molecule has 0 saturated heterocycles. The van der Waals surface area contributed by atoms with Crippen LogP contribution in [0.3, 0.4) is 0 Å². The zero-order valence-corrected chi connectivity index (χ0v) is 33.5. The van der Waals surface area contributed by atoms with Crippen molar-refractivity contribution in [2.75, 3.05) is 0 Å². The van der Waals surface area contributed by atoms with E-state index in [9.17, 15) is 0 Å². The van der Waals surface area contributed by atoms with E-state index >= 15 is 0 Å². The van der Waals surface area contributed by atoms with Crippen molar-refractivity contribution in [2.45, 2.75) is 0 Å². The number of hydrogen-bond acceptors (Lipinski definition) is 4. The summed E-state index contributed by atoms with van der Waals surface area (Å²) in [6, 6.07) is 71.3. The summed E-state index contributed by atoms with van der Waals surface area (Å²) in [5.41, 5.74) is 9.95. The molecular weight excluding hydrogens is 763 g/mol. The highest BCUT2D eigenvalue weighted by Gasteiger charge is 2.24. The highest BCUT2D eigenvalue weighted by Crippen LogP contribution is 2.49. The fraction of sp³-hybridized carbons (Fsp3) is 0. The molecule has 13 aromatic rings. The third kappa shape index (κ3) is 5.16. The highest BCUT2D eigenvalue weighted by molar-refractivity contribution is 7.27. The molecule has 0 fully saturated rings. The number of benzene rings is 9. The van der Waals surface area contributed by atoms with E-state index in [1.807, 2.05) is 47.7 Å². The number of hydrogen-bond donors (Lipinski definition) is 0. The number of fused-ring (bicyclic) bond motifs is 13. The van der Waals surface area contributed by atoms with Gasteiger partial charge in [-0.1, -0.05) is 164 Å². The normalized spacial score (nSPS) is 11.9. The number of thiophene rings is 1. The topological polar surface area (TPSA) is 48.5 Å². The van der Waals surface area contributed by atoms with Crippen LogP contribution in [-0.4, -0.2) is 24.1 Å². The molecule has 0 N–H and O–H groups in total. The van der Waals surface area contributed by atoms with Crippen LogP contribution in [0, 0.1) is 0 Å². The first-order chi connectivity index (χ1) is 30.3. The van der Waals surface area contributed by atoms with E-state index in [4.69, 9.17) is 15.0 Å².